The number of amides is 1. The molecule has 3 rings (SSSR count). The standard InChI is InChI=1S/C28H48N4O4S/c1-5-14-30(26-11-9-24-10-12-27(36-4)23-25(24)22-26)16-6-7-17-31-19-20-32(18-13-28(31)33)37(34,35)21-8-15-29(2)3/h10,12,23,26H,5-9,11,13-22H2,1-4H3. The number of methoxy groups -OCH3 is 1. The molecule has 1 aromatic carbocycles. The lowest BCUT2D eigenvalue weighted by Gasteiger charge is -2.35. The molecule has 1 fully saturated rings. The van der Waals surface area contributed by atoms with Crippen LogP contribution in [0.2, 0.25) is 0 Å². The Bertz CT molecular complexity index is 969. The number of ether oxygens (including phenoxy) is 1. The highest BCUT2D eigenvalue weighted by molar-refractivity contribution is 7.89. The van der Waals surface area contributed by atoms with E-state index in [4.69, 9.17) is 4.74 Å². The van der Waals surface area contributed by atoms with Crippen LogP contribution >= 0.6 is 0 Å². The second-order valence-electron chi connectivity index (χ2n) is 10.8. The first kappa shape index (κ1) is 29.9. The van der Waals surface area contributed by atoms with Crippen LogP contribution in [0.15, 0.2) is 18.2 Å². The zero-order valence-corrected chi connectivity index (χ0v) is 24.3. The topological polar surface area (TPSA) is 73.4 Å². The monoisotopic (exact) mass is 536 g/mol. The lowest BCUT2D eigenvalue weighted by molar-refractivity contribution is -0.130. The number of benzene rings is 1. The average molecular weight is 537 g/mol. The van der Waals surface area contributed by atoms with Crippen molar-refractivity contribution in [2.75, 3.05) is 72.8 Å². The second-order valence-corrected chi connectivity index (χ2v) is 12.9. The van der Waals surface area contributed by atoms with Gasteiger partial charge in [-0.15, -0.1) is 0 Å². The third-order valence-electron chi connectivity index (χ3n) is 7.71. The normalized spacial score (nSPS) is 19.4. The maximum absolute atomic E-state index is 12.8. The number of rotatable bonds is 14. The molecule has 1 aromatic rings. The molecule has 210 valence electrons. The predicted molar refractivity (Wildman–Crippen MR) is 150 cm³/mol. The Labute approximate surface area is 225 Å². The van der Waals surface area contributed by atoms with Gasteiger partial charge in [0.1, 0.15) is 5.75 Å². The fourth-order valence-electron chi connectivity index (χ4n) is 5.59. The Morgan fingerprint density at radius 1 is 1.00 bits per heavy atom. The van der Waals surface area contributed by atoms with Crippen molar-refractivity contribution < 1.29 is 17.9 Å². The first-order valence-corrected chi connectivity index (χ1v) is 15.6. The number of hydrogen-bond acceptors (Lipinski definition) is 6. The second kappa shape index (κ2) is 14.5. The van der Waals surface area contributed by atoms with Crippen LogP contribution in [0.4, 0.5) is 0 Å². The van der Waals surface area contributed by atoms with Crippen LogP contribution in [0.5, 0.6) is 5.75 Å². The number of nitrogens with zero attached hydrogens (tertiary/aromatic N) is 4. The van der Waals surface area contributed by atoms with Gasteiger partial charge >= 0.3 is 0 Å². The smallest absolute Gasteiger partial charge is 0.223 e. The van der Waals surface area contributed by atoms with Gasteiger partial charge in [-0.05, 0) is 102 Å². The number of carbonyl (C=O) groups is 1. The Hall–Kier alpha value is -1.68. The van der Waals surface area contributed by atoms with Gasteiger partial charge in [0, 0.05) is 38.6 Å². The molecule has 0 aromatic heterocycles. The van der Waals surface area contributed by atoms with E-state index in [0.29, 0.717) is 38.6 Å². The summed E-state index contributed by atoms with van der Waals surface area (Å²) in [6.45, 7) is 7.02. The Morgan fingerprint density at radius 3 is 2.54 bits per heavy atom. The van der Waals surface area contributed by atoms with Gasteiger partial charge in [0.2, 0.25) is 15.9 Å². The Balaban J connectivity index is 1.46. The van der Waals surface area contributed by atoms with Crippen molar-refractivity contribution in [3.05, 3.63) is 29.3 Å². The Morgan fingerprint density at radius 2 is 1.81 bits per heavy atom. The summed E-state index contributed by atoms with van der Waals surface area (Å²) in [5.41, 5.74) is 2.86. The molecule has 0 saturated carbocycles. The first-order chi connectivity index (χ1) is 17.7. The lowest BCUT2D eigenvalue weighted by Crippen LogP contribution is -2.41. The Kier molecular flexibility index (Phi) is 11.7. The summed E-state index contributed by atoms with van der Waals surface area (Å²) in [7, 11) is 2.30. The molecule has 0 radical (unpaired) electrons. The molecule has 1 aliphatic carbocycles. The van der Waals surface area contributed by atoms with Gasteiger partial charge in [-0.2, -0.15) is 4.31 Å². The third-order valence-corrected chi connectivity index (χ3v) is 9.67. The molecule has 0 N–H and O–H groups in total. The van der Waals surface area contributed by atoms with Crippen molar-refractivity contribution in [1.29, 1.82) is 0 Å². The van der Waals surface area contributed by atoms with Crippen molar-refractivity contribution in [2.24, 2.45) is 0 Å². The number of sulfonamides is 1. The maximum Gasteiger partial charge on any atom is 0.223 e. The van der Waals surface area contributed by atoms with Crippen LogP contribution in [0, 0.1) is 0 Å². The molecule has 1 heterocycles. The van der Waals surface area contributed by atoms with Crippen molar-refractivity contribution in [3.63, 3.8) is 0 Å². The van der Waals surface area contributed by atoms with E-state index in [-0.39, 0.29) is 18.1 Å². The number of aryl methyl sites for hydroxylation is 1. The quantitative estimate of drug-likeness (QED) is 0.341. The minimum Gasteiger partial charge on any atom is -0.497 e. The number of hydrogen-bond donors (Lipinski definition) is 0. The van der Waals surface area contributed by atoms with E-state index in [1.54, 1.807) is 7.11 Å². The predicted octanol–water partition coefficient (Wildman–Crippen LogP) is 2.86. The van der Waals surface area contributed by atoms with E-state index in [9.17, 15) is 13.2 Å². The molecule has 1 saturated heterocycles. The fourth-order valence-corrected chi connectivity index (χ4v) is 7.07. The summed E-state index contributed by atoms with van der Waals surface area (Å²) in [6.07, 6.45) is 7.36. The van der Waals surface area contributed by atoms with Gasteiger partial charge in [-0.1, -0.05) is 13.0 Å². The molecule has 9 heteroatoms. The van der Waals surface area contributed by atoms with Crippen LogP contribution in [-0.4, -0.2) is 112 Å². The molecule has 1 unspecified atom stereocenters. The highest BCUT2D eigenvalue weighted by Crippen LogP contribution is 2.28. The average Bonchev–Trinajstić information content (AvgIpc) is 3.06. The van der Waals surface area contributed by atoms with Crippen molar-refractivity contribution in [1.82, 2.24) is 19.0 Å². The van der Waals surface area contributed by atoms with E-state index < -0.39 is 10.0 Å². The summed E-state index contributed by atoms with van der Waals surface area (Å²) in [5, 5.41) is 0. The van der Waals surface area contributed by atoms with Gasteiger partial charge in [0.05, 0.1) is 12.9 Å². The molecule has 2 aliphatic rings. The maximum atomic E-state index is 12.8. The van der Waals surface area contributed by atoms with E-state index in [1.165, 1.54) is 21.9 Å². The molecule has 1 atom stereocenters. The molecule has 0 bridgehead atoms. The molecular formula is C28H48N4O4S. The molecule has 8 nitrogen and oxygen atoms in total. The molecule has 1 aliphatic heterocycles. The van der Waals surface area contributed by atoms with Gasteiger partial charge in [-0.25, -0.2) is 8.42 Å². The summed E-state index contributed by atoms with van der Waals surface area (Å²) in [6, 6.07) is 7.02. The van der Waals surface area contributed by atoms with Gasteiger partial charge in [-0.3, -0.25) is 4.79 Å². The summed E-state index contributed by atoms with van der Waals surface area (Å²) in [4.78, 5) is 19.2. The largest absolute Gasteiger partial charge is 0.497 e. The molecule has 37 heavy (non-hydrogen) atoms. The molecule has 0 spiro atoms. The lowest BCUT2D eigenvalue weighted by atomic mass is 9.87. The van der Waals surface area contributed by atoms with Crippen LogP contribution in [0.25, 0.3) is 0 Å². The van der Waals surface area contributed by atoms with Crippen LogP contribution in [0.1, 0.15) is 56.6 Å². The van der Waals surface area contributed by atoms with Crippen molar-refractivity contribution in [3.8, 4) is 5.75 Å². The SMILES string of the molecule is CCCN(CCCCN1CCN(S(=O)(=O)CCCN(C)C)CCC1=O)C1CCc2ccc(OC)cc2C1. The minimum absolute atomic E-state index is 0.0780. The molecular weight excluding hydrogens is 488 g/mol. The van der Waals surface area contributed by atoms with Gasteiger partial charge < -0.3 is 19.4 Å². The molecule has 1 amide bonds. The minimum atomic E-state index is -3.32. The van der Waals surface area contributed by atoms with Crippen LogP contribution < -0.4 is 4.74 Å². The highest BCUT2D eigenvalue weighted by atomic mass is 32.2. The van der Waals surface area contributed by atoms with Gasteiger partial charge in [0.15, 0.2) is 0 Å². The number of carbonyl (C=O) groups excluding carboxylic acids is 1. The zero-order valence-electron chi connectivity index (χ0n) is 23.5. The number of unbranched alkanes of at least 4 members (excludes halogenated alkanes) is 1. The van der Waals surface area contributed by atoms with Gasteiger partial charge in [0.25, 0.3) is 0 Å². The van der Waals surface area contributed by atoms with E-state index in [2.05, 4.69) is 30.0 Å². The van der Waals surface area contributed by atoms with Crippen molar-refractivity contribution in [2.45, 2.75) is 64.3 Å². The summed E-state index contributed by atoms with van der Waals surface area (Å²) in [5.74, 6) is 1.16. The fraction of sp³-hybridized carbons (Fsp3) is 0.750. The van der Waals surface area contributed by atoms with Crippen LogP contribution in [-0.2, 0) is 27.7 Å². The zero-order chi connectivity index (χ0) is 26.8. The summed E-state index contributed by atoms with van der Waals surface area (Å²) >= 11 is 0. The van der Waals surface area contributed by atoms with Crippen LogP contribution in [0.3, 0.4) is 0 Å². The summed E-state index contributed by atoms with van der Waals surface area (Å²) < 4.78 is 32.5. The van der Waals surface area contributed by atoms with E-state index >= 15 is 0 Å². The van der Waals surface area contributed by atoms with Crippen molar-refractivity contribution >= 4 is 15.9 Å². The third kappa shape index (κ3) is 8.94. The highest BCUT2D eigenvalue weighted by Gasteiger charge is 2.28. The van der Waals surface area contributed by atoms with E-state index in [0.717, 1.165) is 57.5 Å². The first-order valence-electron chi connectivity index (χ1n) is 14.0. The number of fused-ring (bicyclic) bond motifs is 1. The van der Waals surface area contributed by atoms with E-state index in [1.807, 2.05) is 23.9 Å².